The Balaban J connectivity index is 1.46. The Morgan fingerprint density at radius 3 is 2.19 bits per heavy atom. The van der Waals surface area contributed by atoms with E-state index >= 15 is 0 Å². The van der Waals surface area contributed by atoms with Crippen molar-refractivity contribution in [1.82, 2.24) is 4.98 Å². The largest absolute Gasteiger partial charge is 0.256 e. The van der Waals surface area contributed by atoms with Crippen LogP contribution in [0.4, 0.5) is 4.39 Å². The Kier molecular flexibility index (Phi) is 11.9. The quantitative estimate of drug-likeness (QED) is 0.233. The van der Waals surface area contributed by atoms with E-state index in [1.165, 1.54) is 56.1 Å². The lowest BCUT2D eigenvalue weighted by Crippen LogP contribution is -2.28. The molecule has 0 radical (unpaired) electrons. The third-order valence-corrected chi connectivity index (χ3v) is 8.23. The van der Waals surface area contributed by atoms with Gasteiger partial charge in [-0.1, -0.05) is 95.5 Å². The number of nitrogens with zero attached hydrogens (tertiary/aromatic N) is 2. The summed E-state index contributed by atoms with van der Waals surface area (Å²) in [5.41, 5.74) is 4.38. The van der Waals surface area contributed by atoms with Crippen molar-refractivity contribution in [2.24, 2.45) is 5.41 Å². The second-order valence-electron chi connectivity index (χ2n) is 11.2. The van der Waals surface area contributed by atoms with Crippen molar-refractivity contribution in [1.29, 1.82) is 5.26 Å². The van der Waals surface area contributed by atoms with Crippen molar-refractivity contribution in [3.8, 4) is 17.3 Å². The predicted octanol–water partition coefficient (Wildman–Crippen LogP) is 10.1. The standard InChI is InChI=1S/C33H47FN2/c1-3-5-7-8-9-10-11-12-27-14-19-32(36-25-27)30-17-15-28(16-18-30)29-20-22-33(26-35,23-21-29)24-31(34)13-6-4-2/h14-19,25,29,31H,3-13,20-24H2,1-2H3/t29?,31-,33?/m0/s1. The van der Waals surface area contributed by atoms with Gasteiger partial charge in [0.1, 0.15) is 6.17 Å². The summed E-state index contributed by atoms with van der Waals surface area (Å²) < 4.78 is 14.4. The molecule has 1 aromatic heterocycles. The molecule has 1 aromatic carbocycles. The number of halogens is 1. The van der Waals surface area contributed by atoms with Crippen molar-refractivity contribution < 1.29 is 4.39 Å². The lowest BCUT2D eigenvalue weighted by molar-refractivity contribution is 0.158. The van der Waals surface area contributed by atoms with Gasteiger partial charge in [0.25, 0.3) is 0 Å². The first kappa shape index (κ1) is 28.4. The summed E-state index contributed by atoms with van der Waals surface area (Å²) in [6, 6.07) is 15.7. The van der Waals surface area contributed by atoms with E-state index in [-0.39, 0.29) is 0 Å². The third-order valence-electron chi connectivity index (χ3n) is 8.23. The Bertz CT molecular complexity index is 904. The van der Waals surface area contributed by atoms with Gasteiger partial charge >= 0.3 is 0 Å². The number of alkyl halides is 1. The Morgan fingerprint density at radius 1 is 0.917 bits per heavy atom. The Hall–Kier alpha value is -2.21. The lowest BCUT2D eigenvalue weighted by Gasteiger charge is -2.36. The fraction of sp³-hybridized carbons (Fsp3) is 0.636. The molecule has 1 fully saturated rings. The van der Waals surface area contributed by atoms with E-state index < -0.39 is 11.6 Å². The van der Waals surface area contributed by atoms with E-state index in [1.807, 2.05) is 6.20 Å². The van der Waals surface area contributed by atoms with E-state index in [0.29, 0.717) is 18.8 Å². The number of hydrogen-bond acceptors (Lipinski definition) is 2. The smallest absolute Gasteiger partial charge is 0.102 e. The van der Waals surface area contributed by atoms with Crippen LogP contribution in [0.5, 0.6) is 0 Å². The molecule has 2 nitrogen and oxygen atoms in total. The fourth-order valence-electron chi connectivity index (χ4n) is 5.77. The highest BCUT2D eigenvalue weighted by atomic mass is 19.1. The SMILES string of the molecule is CCCCCCCCCc1ccc(-c2ccc(C3CCC(C#N)(C[C@@H](F)CCCC)CC3)cc2)nc1. The molecular weight excluding hydrogens is 443 g/mol. The third kappa shape index (κ3) is 8.72. The predicted molar refractivity (Wildman–Crippen MR) is 150 cm³/mol. The molecule has 0 unspecified atom stereocenters. The summed E-state index contributed by atoms with van der Waals surface area (Å²) in [6.45, 7) is 4.36. The van der Waals surface area contributed by atoms with Crippen LogP contribution in [0.3, 0.4) is 0 Å². The van der Waals surface area contributed by atoms with Gasteiger partial charge in [-0.15, -0.1) is 0 Å². The van der Waals surface area contributed by atoms with Crippen molar-refractivity contribution >= 4 is 0 Å². The molecule has 3 heteroatoms. The highest BCUT2D eigenvalue weighted by Crippen LogP contribution is 2.46. The molecule has 0 bridgehead atoms. The number of hydrogen-bond donors (Lipinski definition) is 0. The van der Waals surface area contributed by atoms with Crippen LogP contribution in [-0.4, -0.2) is 11.2 Å². The average Bonchev–Trinajstić information content (AvgIpc) is 2.92. The number of rotatable bonds is 15. The summed E-state index contributed by atoms with van der Waals surface area (Å²) in [5.74, 6) is 0.464. The fourth-order valence-corrected chi connectivity index (χ4v) is 5.77. The van der Waals surface area contributed by atoms with Crippen LogP contribution >= 0.6 is 0 Å². The molecule has 0 N–H and O–H groups in total. The van der Waals surface area contributed by atoms with Crippen LogP contribution in [0.15, 0.2) is 42.6 Å². The van der Waals surface area contributed by atoms with Gasteiger partial charge in [-0.25, -0.2) is 4.39 Å². The summed E-state index contributed by atoms with van der Waals surface area (Å²) in [5, 5.41) is 9.83. The molecule has 0 saturated heterocycles. The summed E-state index contributed by atoms with van der Waals surface area (Å²) in [7, 11) is 0. The number of unbranched alkanes of at least 4 members (excludes halogenated alkanes) is 7. The minimum absolute atomic E-state index is 0.412. The monoisotopic (exact) mass is 490 g/mol. The number of aryl methyl sites for hydroxylation is 1. The van der Waals surface area contributed by atoms with Gasteiger partial charge in [0.15, 0.2) is 0 Å². The zero-order chi connectivity index (χ0) is 25.6. The van der Waals surface area contributed by atoms with E-state index in [4.69, 9.17) is 4.98 Å². The molecule has 1 atom stereocenters. The molecule has 1 heterocycles. The maximum Gasteiger partial charge on any atom is 0.102 e. The maximum atomic E-state index is 14.4. The first-order valence-electron chi connectivity index (χ1n) is 14.7. The first-order valence-corrected chi connectivity index (χ1v) is 14.7. The summed E-state index contributed by atoms with van der Waals surface area (Å²) >= 11 is 0. The van der Waals surface area contributed by atoms with Gasteiger partial charge in [0.2, 0.25) is 0 Å². The molecule has 36 heavy (non-hydrogen) atoms. The van der Waals surface area contributed by atoms with Crippen molar-refractivity contribution in [3.05, 3.63) is 53.7 Å². The van der Waals surface area contributed by atoms with Crippen LogP contribution in [0.25, 0.3) is 11.3 Å². The maximum absolute atomic E-state index is 14.4. The first-order chi connectivity index (χ1) is 17.6. The molecule has 1 aliphatic rings. The number of aromatic nitrogens is 1. The second kappa shape index (κ2) is 15.1. The average molecular weight is 491 g/mol. The topological polar surface area (TPSA) is 36.7 Å². The van der Waals surface area contributed by atoms with Crippen molar-refractivity contribution in [2.45, 2.75) is 129 Å². The molecule has 1 aliphatic carbocycles. The minimum Gasteiger partial charge on any atom is -0.256 e. The van der Waals surface area contributed by atoms with Gasteiger partial charge in [-0.3, -0.25) is 4.98 Å². The summed E-state index contributed by atoms with van der Waals surface area (Å²) in [4.78, 5) is 4.74. The molecular formula is C33H47FN2. The van der Waals surface area contributed by atoms with Crippen molar-refractivity contribution in [2.75, 3.05) is 0 Å². The molecule has 0 amide bonds. The normalized spacial score (nSPS) is 20.7. The van der Waals surface area contributed by atoms with Crippen LogP contribution in [0.2, 0.25) is 0 Å². The molecule has 0 spiro atoms. The molecule has 2 aromatic rings. The lowest BCUT2D eigenvalue weighted by atomic mass is 9.67. The van der Waals surface area contributed by atoms with E-state index in [2.05, 4.69) is 56.3 Å². The minimum atomic E-state index is -0.838. The van der Waals surface area contributed by atoms with Gasteiger partial charge in [-0.05, 0) is 74.5 Å². The highest BCUT2D eigenvalue weighted by Gasteiger charge is 2.37. The van der Waals surface area contributed by atoms with Crippen LogP contribution < -0.4 is 0 Å². The Labute approximate surface area is 219 Å². The van der Waals surface area contributed by atoms with Gasteiger partial charge < -0.3 is 0 Å². The zero-order valence-corrected chi connectivity index (χ0v) is 22.8. The van der Waals surface area contributed by atoms with Crippen molar-refractivity contribution in [3.63, 3.8) is 0 Å². The number of benzene rings is 1. The number of nitriles is 1. The van der Waals surface area contributed by atoms with Crippen LogP contribution in [0, 0.1) is 16.7 Å². The number of pyridine rings is 1. The van der Waals surface area contributed by atoms with Crippen LogP contribution in [-0.2, 0) is 6.42 Å². The molecule has 1 saturated carbocycles. The van der Waals surface area contributed by atoms with Gasteiger partial charge in [0.05, 0.1) is 17.2 Å². The molecule has 3 rings (SSSR count). The van der Waals surface area contributed by atoms with Crippen LogP contribution in [0.1, 0.15) is 127 Å². The van der Waals surface area contributed by atoms with Gasteiger partial charge in [0, 0.05) is 11.8 Å². The second-order valence-corrected chi connectivity index (χ2v) is 11.2. The summed E-state index contributed by atoms with van der Waals surface area (Å²) in [6.07, 6.45) is 18.2. The van der Waals surface area contributed by atoms with Gasteiger partial charge in [-0.2, -0.15) is 5.26 Å². The molecule has 0 aliphatic heterocycles. The molecule has 196 valence electrons. The highest BCUT2D eigenvalue weighted by molar-refractivity contribution is 5.59. The zero-order valence-electron chi connectivity index (χ0n) is 22.8. The van der Waals surface area contributed by atoms with E-state index in [9.17, 15) is 9.65 Å². The van der Waals surface area contributed by atoms with E-state index in [1.54, 1.807) is 0 Å². The Morgan fingerprint density at radius 2 is 1.58 bits per heavy atom. The van der Waals surface area contributed by atoms with E-state index in [0.717, 1.165) is 56.2 Å².